The normalized spacial score (nSPS) is 10.6. The Morgan fingerprint density at radius 1 is 1.44 bits per heavy atom. The van der Waals surface area contributed by atoms with E-state index in [1.165, 1.54) is 12.3 Å². The van der Waals surface area contributed by atoms with Crippen LogP contribution in [0.25, 0.3) is 11.5 Å². The fourth-order valence-corrected chi connectivity index (χ4v) is 1.71. The van der Waals surface area contributed by atoms with Crippen LogP contribution in [0.4, 0.5) is 0 Å². The minimum Gasteiger partial charge on any atom is -0.481 e. The molecule has 0 radical (unpaired) electrons. The Morgan fingerprint density at radius 3 is 2.89 bits per heavy atom. The van der Waals surface area contributed by atoms with Crippen LogP contribution in [0.5, 0.6) is 0 Å². The van der Waals surface area contributed by atoms with E-state index < -0.39 is 5.97 Å². The highest BCUT2D eigenvalue weighted by Crippen LogP contribution is 2.25. The average Bonchev–Trinajstić information content (AvgIpc) is 2.75. The largest absolute Gasteiger partial charge is 0.481 e. The van der Waals surface area contributed by atoms with Gasteiger partial charge in [0.15, 0.2) is 0 Å². The number of nitrogens with zero attached hydrogens (tertiary/aromatic N) is 3. The Kier molecular flexibility index (Phi) is 3.78. The van der Waals surface area contributed by atoms with Gasteiger partial charge in [-0.2, -0.15) is 4.98 Å². The summed E-state index contributed by atoms with van der Waals surface area (Å²) in [4.78, 5) is 18.4. The maximum atomic E-state index is 10.4. The highest BCUT2D eigenvalue weighted by Gasteiger charge is 2.14. The van der Waals surface area contributed by atoms with Crippen LogP contribution in [-0.2, 0) is 11.2 Å². The number of hydrogen-bond acceptors (Lipinski definition) is 5. The fraction of sp³-hybridized carbons (Fsp3) is 0.200. The van der Waals surface area contributed by atoms with Gasteiger partial charge in [0, 0.05) is 12.6 Å². The van der Waals surface area contributed by atoms with Crippen LogP contribution in [0.2, 0.25) is 10.0 Å². The van der Waals surface area contributed by atoms with Gasteiger partial charge in [-0.15, -0.1) is 0 Å². The zero-order valence-electron chi connectivity index (χ0n) is 8.93. The van der Waals surface area contributed by atoms with E-state index in [1.807, 2.05) is 0 Å². The van der Waals surface area contributed by atoms with Gasteiger partial charge in [-0.25, -0.2) is 4.98 Å². The Labute approximate surface area is 112 Å². The van der Waals surface area contributed by atoms with E-state index in [2.05, 4.69) is 15.1 Å². The summed E-state index contributed by atoms with van der Waals surface area (Å²) >= 11 is 11.7. The van der Waals surface area contributed by atoms with Crippen molar-refractivity contribution in [3.05, 3.63) is 28.2 Å². The third-order valence-electron chi connectivity index (χ3n) is 2.04. The molecule has 0 amide bonds. The van der Waals surface area contributed by atoms with Gasteiger partial charge in [0.1, 0.15) is 5.69 Å². The highest BCUT2D eigenvalue weighted by molar-refractivity contribution is 6.35. The van der Waals surface area contributed by atoms with Gasteiger partial charge >= 0.3 is 5.97 Å². The van der Waals surface area contributed by atoms with Crippen LogP contribution in [0.3, 0.4) is 0 Å². The van der Waals surface area contributed by atoms with E-state index in [1.54, 1.807) is 0 Å². The van der Waals surface area contributed by atoms with Gasteiger partial charge in [0.05, 0.1) is 16.5 Å². The Bertz CT molecular complexity index is 585. The van der Waals surface area contributed by atoms with Crippen molar-refractivity contribution < 1.29 is 14.4 Å². The van der Waals surface area contributed by atoms with E-state index in [0.717, 1.165) is 0 Å². The van der Waals surface area contributed by atoms with Gasteiger partial charge in [-0.1, -0.05) is 28.4 Å². The summed E-state index contributed by atoms with van der Waals surface area (Å²) in [6.45, 7) is 0. The predicted octanol–water partition coefficient (Wildman–Crippen LogP) is 2.46. The molecule has 0 saturated carbocycles. The first-order valence-electron chi connectivity index (χ1n) is 4.92. The summed E-state index contributed by atoms with van der Waals surface area (Å²) in [5.41, 5.74) is 0.339. The number of halogens is 2. The lowest BCUT2D eigenvalue weighted by Gasteiger charge is -1.97. The molecule has 8 heteroatoms. The van der Waals surface area contributed by atoms with E-state index in [0.29, 0.717) is 15.7 Å². The molecule has 94 valence electrons. The van der Waals surface area contributed by atoms with Gasteiger partial charge < -0.3 is 9.63 Å². The molecule has 2 rings (SSSR count). The minimum atomic E-state index is -0.933. The molecule has 0 aliphatic heterocycles. The molecule has 0 aliphatic carbocycles. The molecule has 0 unspecified atom stereocenters. The van der Waals surface area contributed by atoms with Crippen molar-refractivity contribution in [1.29, 1.82) is 0 Å². The van der Waals surface area contributed by atoms with Gasteiger partial charge in [-0.3, -0.25) is 4.79 Å². The molecular weight excluding hydrogens is 281 g/mol. The second-order valence-corrected chi connectivity index (χ2v) is 4.23. The molecule has 0 spiro atoms. The zero-order chi connectivity index (χ0) is 13.1. The third kappa shape index (κ3) is 2.96. The number of carboxylic acid groups (broad SMARTS) is 1. The molecule has 0 saturated heterocycles. The van der Waals surface area contributed by atoms with E-state index >= 15 is 0 Å². The van der Waals surface area contributed by atoms with Crippen molar-refractivity contribution in [2.45, 2.75) is 12.8 Å². The van der Waals surface area contributed by atoms with Gasteiger partial charge in [0.25, 0.3) is 0 Å². The second kappa shape index (κ2) is 5.32. The first-order chi connectivity index (χ1) is 8.56. The molecule has 1 N–H and O–H groups in total. The number of rotatable bonds is 4. The summed E-state index contributed by atoms with van der Waals surface area (Å²) in [7, 11) is 0. The first-order valence-corrected chi connectivity index (χ1v) is 5.67. The second-order valence-electron chi connectivity index (χ2n) is 3.39. The van der Waals surface area contributed by atoms with Crippen LogP contribution in [0.15, 0.2) is 16.8 Å². The Balaban J connectivity index is 2.21. The maximum Gasteiger partial charge on any atom is 0.303 e. The topological polar surface area (TPSA) is 89.1 Å². The van der Waals surface area contributed by atoms with Crippen LogP contribution >= 0.6 is 23.2 Å². The molecule has 2 heterocycles. The van der Waals surface area contributed by atoms with Crippen molar-refractivity contribution in [2.75, 3.05) is 0 Å². The van der Waals surface area contributed by atoms with Gasteiger partial charge in [0.2, 0.25) is 11.7 Å². The van der Waals surface area contributed by atoms with Crippen molar-refractivity contribution in [3.63, 3.8) is 0 Å². The lowest BCUT2D eigenvalue weighted by atomic mass is 10.3. The molecule has 0 aliphatic rings. The summed E-state index contributed by atoms with van der Waals surface area (Å²) in [5.74, 6) is -0.505. The number of hydrogen-bond donors (Lipinski definition) is 1. The van der Waals surface area contributed by atoms with Crippen molar-refractivity contribution in [1.82, 2.24) is 15.1 Å². The number of aryl methyl sites for hydroxylation is 1. The van der Waals surface area contributed by atoms with Gasteiger partial charge in [-0.05, 0) is 6.07 Å². The minimum absolute atomic E-state index is 0.0799. The molecule has 0 atom stereocenters. The van der Waals surface area contributed by atoms with Crippen molar-refractivity contribution in [2.24, 2.45) is 0 Å². The van der Waals surface area contributed by atoms with Crippen LogP contribution in [0.1, 0.15) is 12.3 Å². The predicted molar refractivity (Wildman–Crippen MR) is 63.5 cm³/mol. The average molecular weight is 288 g/mol. The first kappa shape index (κ1) is 12.8. The molecule has 6 nitrogen and oxygen atoms in total. The summed E-state index contributed by atoms with van der Waals surface area (Å²) in [6.07, 6.45) is 1.49. The standard InChI is InChI=1S/C10H7Cl2N3O3/c11-5-3-6(12)9(13-4-5)10-14-7(18-15-10)1-2-8(16)17/h3-4H,1-2H2,(H,16,17). The van der Waals surface area contributed by atoms with Crippen LogP contribution < -0.4 is 0 Å². The van der Waals surface area contributed by atoms with Crippen LogP contribution in [0, 0.1) is 0 Å². The summed E-state index contributed by atoms with van der Waals surface area (Å²) in [5, 5.41) is 12.9. The SMILES string of the molecule is O=C(O)CCc1nc(-c2ncc(Cl)cc2Cl)no1. The highest BCUT2D eigenvalue weighted by atomic mass is 35.5. The molecule has 0 fully saturated rings. The van der Waals surface area contributed by atoms with E-state index in [-0.39, 0.29) is 24.6 Å². The molecule has 2 aromatic heterocycles. The number of carboxylic acids is 1. The smallest absolute Gasteiger partial charge is 0.303 e. The van der Waals surface area contributed by atoms with Crippen molar-refractivity contribution >= 4 is 29.2 Å². The summed E-state index contributed by atoms with van der Waals surface area (Å²) in [6, 6.07) is 1.51. The number of pyridine rings is 1. The number of aliphatic carboxylic acids is 1. The van der Waals surface area contributed by atoms with E-state index in [4.69, 9.17) is 32.8 Å². The van der Waals surface area contributed by atoms with E-state index in [9.17, 15) is 4.79 Å². The molecule has 0 bridgehead atoms. The quantitative estimate of drug-likeness (QED) is 0.929. The van der Waals surface area contributed by atoms with Crippen molar-refractivity contribution in [3.8, 4) is 11.5 Å². The number of carbonyl (C=O) groups is 1. The maximum absolute atomic E-state index is 10.4. The summed E-state index contributed by atoms with van der Waals surface area (Å²) < 4.78 is 4.90. The third-order valence-corrected chi connectivity index (χ3v) is 2.54. The molecule has 18 heavy (non-hydrogen) atoms. The molecule has 0 aromatic carbocycles. The van der Waals surface area contributed by atoms with Crippen LogP contribution in [-0.4, -0.2) is 26.2 Å². The lowest BCUT2D eigenvalue weighted by molar-refractivity contribution is -0.137. The molecular formula is C10H7Cl2N3O3. The molecule has 2 aromatic rings. The Hall–Kier alpha value is -1.66. The monoisotopic (exact) mass is 287 g/mol. The Morgan fingerprint density at radius 2 is 2.22 bits per heavy atom. The lowest BCUT2D eigenvalue weighted by Crippen LogP contribution is -1.97. The number of aromatic nitrogens is 3. The fourth-order valence-electron chi connectivity index (χ4n) is 1.25. The zero-order valence-corrected chi connectivity index (χ0v) is 10.4.